The summed E-state index contributed by atoms with van der Waals surface area (Å²) in [6.45, 7) is 14.5. The number of nitrogens with one attached hydrogen (secondary N) is 1. The Morgan fingerprint density at radius 1 is 0.964 bits per heavy atom. The zero-order valence-corrected chi connectivity index (χ0v) is 33.5. The van der Waals surface area contributed by atoms with Gasteiger partial charge in [0.2, 0.25) is 0 Å². The minimum absolute atomic E-state index is 0.0511. The van der Waals surface area contributed by atoms with Gasteiger partial charge < -0.3 is 19.1 Å². The number of pyridine rings is 1. The normalized spacial score (nSPS) is 23.9. The third-order valence-corrected chi connectivity index (χ3v) is 11.9. The summed E-state index contributed by atoms with van der Waals surface area (Å²) in [6, 6.07) is 2.22. The molecule has 17 heteroatoms. The minimum atomic E-state index is -0.962. The molecule has 4 saturated heterocycles. The lowest BCUT2D eigenvalue weighted by molar-refractivity contribution is 0.0122. The summed E-state index contributed by atoms with van der Waals surface area (Å²) in [7, 11) is 0. The van der Waals surface area contributed by atoms with Crippen molar-refractivity contribution < 1.29 is 37.0 Å². The zero-order valence-electron chi connectivity index (χ0n) is 32.7. The maximum atomic E-state index is 17.2. The number of anilines is 2. The van der Waals surface area contributed by atoms with E-state index in [1.807, 2.05) is 30.6 Å². The largest absolute Gasteiger partial charge is 0.461 e. The van der Waals surface area contributed by atoms with Crippen molar-refractivity contribution in [3.63, 3.8) is 0 Å². The summed E-state index contributed by atoms with van der Waals surface area (Å²) in [4.78, 5) is 50.5. The maximum absolute atomic E-state index is 17.2. The predicted molar refractivity (Wildman–Crippen MR) is 206 cm³/mol. The summed E-state index contributed by atoms with van der Waals surface area (Å²) < 4.78 is 64.6. The fraction of sp³-hybridized carbons (Fsp3) is 0.590. The number of carbonyl (C=O) groups excluding carboxylic acids is 2. The van der Waals surface area contributed by atoms with Crippen LogP contribution >= 0.6 is 11.3 Å². The van der Waals surface area contributed by atoms with Crippen molar-refractivity contribution in [1.29, 1.82) is 0 Å². The number of amides is 2. The quantitative estimate of drug-likeness (QED) is 0.205. The molecule has 3 aromatic heterocycles. The Morgan fingerprint density at radius 2 is 1.68 bits per heavy atom. The van der Waals surface area contributed by atoms with Gasteiger partial charge in [-0.3, -0.25) is 15.1 Å². The van der Waals surface area contributed by atoms with Gasteiger partial charge in [0.1, 0.15) is 46.8 Å². The van der Waals surface area contributed by atoms with E-state index in [0.29, 0.717) is 43.0 Å². The van der Waals surface area contributed by atoms with Gasteiger partial charge in [-0.15, -0.1) is 0 Å². The molecule has 0 saturated carbocycles. The number of ether oxygens (including phenoxy) is 3. The van der Waals surface area contributed by atoms with Crippen LogP contribution in [0.4, 0.5) is 33.7 Å². The first-order valence-corrected chi connectivity index (χ1v) is 20.0. The average Bonchev–Trinajstić information content (AvgIpc) is 3.83. The molecule has 7 heterocycles. The van der Waals surface area contributed by atoms with Crippen LogP contribution in [0, 0.1) is 18.6 Å². The van der Waals surface area contributed by atoms with E-state index >= 15 is 8.78 Å². The van der Waals surface area contributed by atoms with Crippen molar-refractivity contribution in [3.8, 4) is 17.3 Å². The first-order chi connectivity index (χ1) is 26.4. The number of aromatic nitrogens is 4. The number of halogens is 3. The lowest BCUT2D eigenvalue weighted by Gasteiger charge is -2.42. The van der Waals surface area contributed by atoms with Crippen LogP contribution in [-0.2, 0) is 9.47 Å². The van der Waals surface area contributed by atoms with E-state index < -0.39 is 40.6 Å². The first-order valence-electron chi connectivity index (χ1n) is 19.1. The van der Waals surface area contributed by atoms with E-state index in [9.17, 15) is 14.0 Å². The van der Waals surface area contributed by atoms with E-state index in [2.05, 4.69) is 20.2 Å². The Morgan fingerprint density at radius 3 is 2.38 bits per heavy atom. The molecule has 4 fully saturated rings. The SMILES string of the molecule is Cc1nc(-c2ccc(F)c3sc(NC(=O)OC(C)(C)C)nc23)c(F)c2nc(OC[C@@]34CCCN3C[C@H](F)C4)nc(N3C[C@H]4CC[C@@H](C3)N4C(=O)OC(C)(C)C)c12. The number of hydrogen-bond donors (Lipinski definition) is 1. The minimum Gasteiger partial charge on any atom is -0.461 e. The standard InChI is InChI=1S/C39H47F3N8O5S/c1-20-26-30(27(42)28(43-20)24-11-12-25(41)31-29(24)45-34(56-31)47-35(51)54-37(2,3)4)44-33(53-19-39-13-8-14-49(39)16-21(40)15-39)46-32(26)48-17-22-9-10-23(18-48)50(22)36(52)55-38(5,6)7/h11-12,21-23H,8-10,13-19H2,1-7H3,(H,45,47,51)/t21-,22-,23+,39+/m1/s1. The highest BCUT2D eigenvalue weighted by molar-refractivity contribution is 7.22. The van der Waals surface area contributed by atoms with Gasteiger partial charge in [-0.05, 0) is 92.8 Å². The number of nitrogens with zero attached hydrogens (tertiary/aromatic N) is 7. The average molecular weight is 797 g/mol. The summed E-state index contributed by atoms with van der Waals surface area (Å²) in [5, 5.41) is 3.00. The number of rotatable bonds is 6. The third-order valence-electron chi connectivity index (χ3n) is 10.9. The molecule has 0 radical (unpaired) electrons. The van der Waals surface area contributed by atoms with E-state index in [1.54, 1.807) is 27.7 Å². The molecule has 300 valence electrons. The second-order valence-electron chi connectivity index (χ2n) is 17.4. The van der Waals surface area contributed by atoms with Crippen molar-refractivity contribution in [2.24, 2.45) is 0 Å². The van der Waals surface area contributed by atoms with Gasteiger partial charge in [-0.2, -0.15) is 9.97 Å². The third kappa shape index (κ3) is 7.16. The number of fused-ring (bicyclic) bond motifs is 5. The molecular weight excluding hydrogens is 750 g/mol. The highest BCUT2D eigenvalue weighted by Gasteiger charge is 2.50. The summed E-state index contributed by atoms with van der Waals surface area (Å²) in [5.74, 6) is -0.972. The maximum Gasteiger partial charge on any atom is 0.413 e. The van der Waals surface area contributed by atoms with Crippen LogP contribution in [-0.4, -0.2) is 110 Å². The molecule has 4 aliphatic rings. The van der Waals surface area contributed by atoms with Gasteiger partial charge in [0.15, 0.2) is 10.9 Å². The summed E-state index contributed by atoms with van der Waals surface area (Å²) in [6.07, 6.45) is 1.47. The van der Waals surface area contributed by atoms with Crippen molar-refractivity contribution in [2.75, 3.05) is 43.0 Å². The molecule has 2 amide bonds. The molecule has 0 unspecified atom stereocenters. The van der Waals surface area contributed by atoms with Crippen LogP contribution < -0.4 is 15.0 Å². The molecule has 13 nitrogen and oxygen atoms in total. The molecular formula is C39H47F3N8O5S. The molecule has 4 aromatic rings. The molecule has 4 aliphatic heterocycles. The van der Waals surface area contributed by atoms with Crippen molar-refractivity contribution in [1.82, 2.24) is 29.7 Å². The second kappa shape index (κ2) is 13.9. The number of piperazine rings is 1. The van der Waals surface area contributed by atoms with E-state index in [0.717, 1.165) is 43.6 Å². The Hall–Kier alpha value is -4.51. The van der Waals surface area contributed by atoms with E-state index in [-0.39, 0.29) is 62.9 Å². The molecule has 0 spiro atoms. The van der Waals surface area contributed by atoms with Gasteiger partial charge in [0.05, 0.1) is 38.9 Å². The fourth-order valence-corrected chi connectivity index (χ4v) is 9.61. The van der Waals surface area contributed by atoms with Crippen LogP contribution in [0.15, 0.2) is 12.1 Å². The Kier molecular flexibility index (Phi) is 9.49. The van der Waals surface area contributed by atoms with Crippen LogP contribution in [0.1, 0.15) is 79.3 Å². The molecule has 56 heavy (non-hydrogen) atoms. The molecule has 8 rings (SSSR count). The first kappa shape index (κ1) is 38.4. The smallest absolute Gasteiger partial charge is 0.413 e. The summed E-state index contributed by atoms with van der Waals surface area (Å²) >= 11 is 0.893. The van der Waals surface area contributed by atoms with E-state index in [4.69, 9.17) is 24.2 Å². The molecule has 1 aromatic carbocycles. The predicted octanol–water partition coefficient (Wildman–Crippen LogP) is 7.78. The number of benzene rings is 1. The Balaban J connectivity index is 1.20. The summed E-state index contributed by atoms with van der Waals surface area (Å²) in [5.41, 5.74) is -1.37. The van der Waals surface area contributed by atoms with Crippen molar-refractivity contribution in [2.45, 2.75) is 116 Å². The highest BCUT2D eigenvalue weighted by atomic mass is 32.1. The lowest BCUT2D eigenvalue weighted by atomic mass is 9.95. The number of alkyl halides is 1. The van der Waals surface area contributed by atoms with Crippen molar-refractivity contribution >= 4 is 55.6 Å². The molecule has 1 N–H and O–H groups in total. The molecule has 2 bridgehead atoms. The van der Waals surface area contributed by atoms with Crippen molar-refractivity contribution in [3.05, 3.63) is 29.5 Å². The Labute approximate surface area is 326 Å². The zero-order chi connectivity index (χ0) is 39.9. The molecule has 0 aliphatic carbocycles. The monoisotopic (exact) mass is 796 g/mol. The lowest BCUT2D eigenvalue weighted by Crippen LogP contribution is -2.57. The van der Waals surface area contributed by atoms with Gasteiger partial charge in [-0.25, -0.2) is 32.7 Å². The highest BCUT2D eigenvalue weighted by Crippen LogP contribution is 2.43. The Bertz CT molecular complexity index is 2210. The number of aryl methyl sites for hydroxylation is 1. The van der Waals surface area contributed by atoms with Crippen LogP contribution in [0.2, 0.25) is 0 Å². The van der Waals surface area contributed by atoms with Crippen LogP contribution in [0.5, 0.6) is 6.01 Å². The van der Waals surface area contributed by atoms with Gasteiger partial charge in [0, 0.05) is 31.6 Å². The van der Waals surface area contributed by atoms with Crippen LogP contribution in [0.25, 0.3) is 32.4 Å². The number of thiazole rings is 1. The second-order valence-corrected chi connectivity index (χ2v) is 18.4. The van der Waals surface area contributed by atoms with E-state index in [1.165, 1.54) is 12.1 Å². The fourth-order valence-electron chi connectivity index (χ4n) is 8.72. The van der Waals surface area contributed by atoms with Gasteiger partial charge in [0.25, 0.3) is 0 Å². The van der Waals surface area contributed by atoms with Crippen LogP contribution in [0.3, 0.4) is 0 Å². The van der Waals surface area contributed by atoms with Gasteiger partial charge >= 0.3 is 18.2 Å². The topological polar surface area (TPSA) is 135 Å². The molecule has 4 atom stereocenters. The van der Waals surface area contributed by atoms with Gasteiger partial charge in [-0.1, -0.05) is 11.3 Å². The number of carbonyl (C=O) groups is 2. The number of hydrogen-bond acceptors (Lipinski definition) is 12.